The molecule has 18 heavy (non-hydrogen) atoms. The molecule has 106 valence electrons. The summed E-state index contributed by atoms with van der Waals surface area (Å²) in [4.78, 5) is 11.9. The van der Waals surface area contributed by atoms with Gasteiger partial charge < -0.3 is 16.3 Å². The molecule has 2 atom stereocenters. The second kappa shape index (κ2) is 6.61. The number of hydrogen-bond donors (Lipinski definition) is 3. The number of carbonyl (C=O) groups excluding carboxylic acids is 1. The van der Waals surface area contributed by atoms with E-state index >= 15 is 0 Å². The molecule has 2 unspecified atom stereocenters. The number of rotatable bonds is 5. The molecule has 0 spiro atoms. The Morgan fingerprint density at radius 1 is 1.33 bits per heavy atom. The molecule has 0 saturated heterocycles. The Labute approximate surface area is 110 Å². The van der Waals surface area contributed by atoms with E-state index < -0.39 is 6.04 Å². The van der Waals surface area contributed by atoms with Crippen molar-refractivity contribution >= 4 is 11.7 Å². The van der Waals surface area contributed by atoms with Gasteiger partial charge in [0.25, 0.3) is 0 Å². The highest BCUT2D eigenvalue weighted by atomic mass is 16.4. The number of hydrogen-bond acceptors (Lipinski definition) is 3. The van der Waals surface area contributed by atoms with Gasteiger partial charge in [0.05, 0.1) is 6.04 Å². The normalized spacial score (nSPS) is 16.5. The molecule has 0 radical (unpaired) electrons. The van der Waals surface area contributed by atoms with Crippen LogP contribution in [-0.4, -0.2) is 23.0 Å². The van der Waals surface area contributed by atoms with Gasteiger partial charge in [-0.05, 0) is 17.3 Å². The van der Waals surface area contributed by atoms with Crippen LogP contribution in [0.25, 0.3) is 0 Å². The van der Waals surface area contributed by atoms with E-state index in [4.69, 9.17) is 10.9 Å². The van der Waals surface area contributed by atoms with Crippen LogP contribution in [0.1, 0.15) is 48.0 Å². The van der Waals surface area contributed by atoms with Crippen molar-refractivity contribution in [2.45, 2.75) is 54.0 Å². The lowest BCUT2D eigenvalue weighted by Gasteiger charge is -2.28. The molecule has 5 nitrogen and oxygen atoms in total. The minimum atomic E-state index is -0.422. The number of amides is 1. The van der Waals surface area contributed by atoms with Crippen LogP contribution in [0.4, 0.5) is 0 Å². The van der Waals surface area contributed by atoms with Crippen LogP contribution in [-0.2, 0) is 4.79 Å². The molecule has 0 rings (SSSR count). The van der Waals surface area contributed by atoms with Gasteiger partial charge in [-0.3, -0.25) is 4.79 Å². The summed E-state index contributed by atoms with van der Waals surface area (Å²) in [5, 5.41) is 14.5. The standard InChI is InChI=1S/C13H27N3O2/c1-8(2)11(12(14)16-18)15-10(17)7-9(3)13(4,5)6/h8-9,11,18H,7H2,1-6H3,(H2,14,16)(H,15,17). The number of oxime groups is 1. The molecule has 0 aliphatic heterocycles. The zero-order chi connectivity index (χ0) is 14.5. The van der Waals surface area contributed by atoms with Crippen LogP contribution in [0.3, 0.4) is 0 Å². The summed E-state index contributed by atoms with van der Waals surface area (Å²) in [7, 11) is 0. The van der Waals surface area contributed by atoms with E-state index in [1.807, 2.05) is 20.8 Å². The Balaban J connectivity index is 4.54. The summed E-state index contributed by atoms with van der Waals surface area (Å²) in [5.41, 5.74) is 5.65. The summed E-state index contributed by atoms with van der Waals surface area (Å²) >= 11 is 0. The molecule has 0 aromatic carbocycles. The van der Waals surface area contributed by atoms with Gasteiger partial charge in [0, 0.05) is 6.42 Å². The fraction of sp³-hybridized carbons (Fsp3) is 0.846. The molecule has 1 amide bonds. The van der Waals surface area contributed by atoms with Gasteiger partial charge in [-0.2, -0.15) is 0 Å². The Morgan fingerprint density at radius 3 is 2.17 bits per heavy atom. The van der Waals surface area contributed by atoms with Crippen LogP contribution in [0.15, 0.2) is 5.16 Å². The van der Waals surface area contributed by atoms with Crippen molar-refractivity contribution in [3.63, 3.8) is 0 Å². The SMILES string of the molecule is CC(C)C(NC(=O)CC(C)C(C)(C)C)C(N)=NO. The monoisotopic (exact) mass is 257 g/mol. The minimum absolute atomic E-state index is 0.0433. The molecule has 0 heterocycles. The largest absolute Gasteiger partial charge is 0.409 e. The third kappa shape index (κ3) is 5.38. The highest BCUT2D eigenvalue weighted by Gasteiger charge is 2.25. The maximum absolute atomic E-state index is 11.9. The highest BCUT2D eigenvalue weighted by molar-refractivity contribution is 5.90. The van der Waals surface area contributed by atoms with E-state index in [1.54, 1.807) is 0 Å². The Kier molecular flexibility index (Phi) is 6.15. The number of carbonyl (C=O) groups is 1. The van der Waals surface area contributed by atoms with Gasteiger partial charge in [-0.15, -0.1) is 0 Å². The molecule has 0 aromatic rings. The molecule has 5 heteroatoms. The first-order valence-corrected chi connectivity index (χ1v) is 6.36. The third-order valence-electron chi connectivity index (χ3n) is 3.39. The van der Waals surface area contributed by atoms with Gasteiger partial charge in [-0.1, -0.05) is 46.7 Å². The zero-order valence-electron chi connectivity index (χ0n) is 12.3. The van der Waals surface area contributed by atoms with E-state index in [1.165, 1.54) is 0 Å². The lowest BCUT2D eigenvalue weighted by Crippen LogP contribution is -2.48. The van der Waals surface area contributed by atoms with Crippen molar-refractivity contribution < 1.29 is 10.0 Å². The Morgan fingerprint density at radius 2 is 1.83 bits per heavy atom. The highest BCUT2D eigenvalue weighted by Crippen LogP contribution is 2.27. The van der Waals surface area contributed by atoms with Crippen molar-refractivity contribution in [2.75, 3.05) is 0 Å². The fourth-order valence-electron chi connectivity index (χ4n) is 1.46. The van der Waals surface area contributed by atoms with Crippen molar-refractivity contribution in [1.82, 2.24) is 5.32 Å². The van der Waals surface area contributed by atoms with Gasteiger partial charge in [0.15, 0.2) is 5.84 Å². The summed E-state index contributed by atoms with van der Waals surface area (Å²) in [6.07, 6.45) is 0.436. The third-order valence-corrected chi connectivity index (χ3v) is 3.39. The fourth-order valence-corrected chi connectivity index (χ4v) is 1.46. The second-order valence-corrected chi connectivity index (χ2v) is 6.29. The van der Waals surface area contributed by atoms with Gasteiger partial charge in [-0.25, -0.2) is 0 Å². The summed E-state index contributed by atoms with van der Waals surface area (Å²) in [6.45, 7) is 12.2. The van der Waals surface area contributed by atoms with Gasteiger partial charge >= 0.3 is 0 Å². The molecular weight excluding hydrogens is 230 g/mol. The molecule has 4 N–H and O–H groups in total. The molecular formula is C13H27N3O2. The van der Waals surface area contributed by atoms with Crippen molar-refractivity contribution in [3.05, 3.63) is 0 Å². The number of nitrogens with zero attached hydrogens (tertiary/aromatic N) is 1. The quantitative estimate of drug-likeness (QED) is 0.304. The first-order valence-electron chi connectivity index (χ1n) is 6.36. The average Bonchev–Trinajstić information content (AvgIpc) is 2.23. The maximum Gasteiger partial charge on any atom is 0.220 e. The number of nitrogens with one attached hydrogen (secondary N) is 1. The van der Waals surface area contributed by atoms with Crippen LogP contribution >= 0.6 is 0 Å². The lowest BCUT2D eigenvalue weighted by atomic mass is 9.80. The first-order chi connectivity index (χ1) is 8.09. The van der Waals surface area contributed by atoms with Crippen molar-refractivity contribution in [2.24, 2.45) is 28.1 Å². The van der Waals surface area contributed by atoms with Gasteiger partial charge in [0.2, 0.25) is 5.91 Å². The van der Waals surface area contributed by atoms with Crippen LogP contribution in [0.5, 0.6) is 0 Å². The van der Waals surface area contributed by atoms with Crippen molar-refractivity contribution in [1.29, 1.82) is 0 Å². The molecule has 0 aliphatic carbocycles. The summed E-state index contributed by atoms with van der Waals surface area (Å²) in [6, 6.07) is -0.422. The van der Waals surface area contributed by atoms with Crippen LogP contribution < -0.4 is 11.1 Å². The van der Waals surface area contributed by atoms with Crippen LogP contribution in [0.2, 0.25) is 0 Å². The average molecular weight is 257 g/mol. The van der Waals surface area contributed by atoms with E-state index in [9.17, 15) is 4.79 Å². The predicted octanol–water partition coefficient (Wildman–Crippen LogP) is 1.95. The van der Waals surface area contributed by atoms with Gasteiger partial charge in [0.1, 0.15) is 0 Å². The summed E-state index contributed by atoms with van der Waals surface area (Å²) in [5.74, 6) is 0.317. The lowest BCUT2D eigenvalue weighted by molar-refractivity contribution is -0.123. The number of amidine groups is 1. The van der Waals surface area contributed by atoms with E-state index in [0.29, 0.717) is 6.42 Å². The summed E-state index contributed by atoms with van der Waals surface area (Å²) < 4.78 is 0. The smallest absolute Gasteiger partial charge is 0.220 e. The Bertz CT molecular complexity index is 306. The number of nitrogens with two attached hydrogens (primary N) is 1. The molecule has 0 aromatic heterocycles. The molecule has 0 saturated carbocycles. The molecule has 0 fully saturated rings. The predicted molar refractivity (Wildman–Crippen MR) is 73.4 cm³/mol. The topological polar surface area (TPSA) is 87.7 Å². The van der Waals surface area contributed by atoms with E-state index in [0.717, 1.165) is 0 Å². The minimum Gasteiger partial charge on any atom is -0.409 e. The molecule has 0 aliphatic rings. The van der Waals surface area contributed by atoms with E-state index in [2.05, 4.69) is 31.2 Å². The second-order valence-electron chi connectivity index (χ2n) is 6.29. The maximum atomic E-state index is 11.9. The Hall–Kier alpha value is -1.26. The zero-order valence-corrected chi connectivity index (χ0v) is 12.3. The molecule has 0 bridgehead atoms. The van der Waals surface area contributed by atoms with Crippen LogP contribution in [0, 0.1) is 17.3 Å². The van der Waals surface area contributed by atoms with Crippen molar-refractivity contribution in [3.8, 4) is 0 Å². The first kappa shape index (κ1) is 16.7. The van der Waals surface area contributed by atoms with E-state index in [-0.39, 0.29) is 29.0 Å².